The van der Waals surface area contributed by atoms with Gasteiger partial charge in [-0.15, -0.1) is 0 Å². The minimum atomic E-state index is -1.21. The van der Waals surface area contributed by atoms with Gasteiger partial charge in [-0.3, -0.25) is 9.89 Å². The summed E-state index contributed by atoms with van der Waals surface area (Å²) in [7, 11) is -1.21. The number of hydrogen-bond acceptors (Lipinski definition) is 6. The molecular weight excluding hydrogens is 460 g/mol. The number of nitrogens with one attached hydrogen (secondary N) is 2. The van der Waals surface area contributed by atoms with E-state index in [1.54, 1.807) is 12.4 Å². The molecule has 3 aromatic heterocycles. The first-order chi connectivity index (χ1) is 16.5. The summed E-state index contributed by atoms with van der Waals surface area (Å²) in [6.45, 7) is 13.6. The molecule has 186 valence electrons. The maximum absolute atomic E-state index is 13.2. The second kappa shape index (κ2) is 9.52. The Morgan fingerprint density at radius 3 is 2.69 bits per heavy atom. The van der Waals surface area contributed by atoms with Gasteiger partial charge in [-0.25, -0.2) is 9.97 Å². The molecule has 0 unspecified atom stereocenters. The van der Waals surface area contributed by atoms with Crippen molar-refractivity contribution in [1.82, 2.24) is 30.0 Å². The Balaban J connectivity index is 1.75. The molecule has 4 rings (SSSR count). The summed E-state index contributed by atoms with van der Waals surface area (Å²) in [6, 6.07) is 6.68. The lowest BCUT2D eigenvalue weighted by atomic mass is 10.1. The van der Waals surface area contributed by atoms with E-state index >= 15 is 0 Å². The van der Waals surface area contributed by atoms with Crippen LogP contribution in [0.25, 0.3) is 33.5 Å². The van der Waals surface area contributed by atoms with Crippen molar-refractivity contribution in [1.29, 1.82) is 0 Å². The van der Waals surface area contributed by atoms with Gasteiger partial charge in [0, 0.05) is 37.4 Å². The number of benzene rings is 1. The lowest BCUT2D eigenvalue weighted by molar-refractivity contribution is 0.0886. The van der Waals surface area contributed by atoms with Gasteiger partial charge in [0.15, 0.2) is 5.65 Å². The van der Waals surface area contributed by atoms with Crippen molar-refractivity contribution in [3.63, 3.8) is 0 Å². The topological polar surface area (TPSA) is 118 Å². The van der Waals surface area contributed by atoms with E-state index in [2.05, 4.69) is 40.1 Å². The summed E-state index contributed by atoms with van der Waals surface area (Å²) in [5, 5.41) is 20.9. The molecule has 0 radical (unpaired) electrons. The zero-order valence-electron chi connectivity index (χ0n) is 21.3. The minimum Gasteiger partial charge on any atom is -0.392 e. The first-order valence-electron chi connectivity index (χ1n) is 11.8. The number of aromatic amines is 1. The third kappa shape index (κ3) is 5.60. The molecule has 0 bridgehead atoms. The lowest BCUT2D eigenvalue weighted by Crippen LogP contribution is -2.40. The monoisotopic (exact) mass is 494 g/mol. The average Bonchev–Trinajstić information content (AvgIpc) is 3.36. The molecule has 0 aliphatic rings. The lowest BCUT2D eigenvalue weighted by Gasteiger charge is -2.20. The molecule has 0 saturated heterocycles. The van der Waals surface area contributed by atoms with Gasteiger partial charge in [0.2, 0.25) is 0 Å². The zero-order valence-corrected chi connectivity index (χ0v) is 22.3. The fourth-order valence-corrected chi connectivity index (χ4v) is 4.56. The van der Waals surface area contributed by atoms with E-state index in [1.165, 1.54) is 0 Å². The number of rotatable bonds is 8. The van der Waals surface area contributed by atoms with Crippen molar-refractivity contribution < 1.29 is 14.6 Å². The first kappa shape index (κ1) is 25.0. The number of hydrogen-bond donors (Lipinski definition) is 3. The highest BCUT2D eigenvalue weighted by molar-refractivity contribution is 6.76. The van der Waals surface area contributed by atoms with Gasteiger partial charge in [-0.1, -0.05) is 37.8 Å². The smallest absolute Gasteiger partial charge is 0.255 e. The normalized spacial score (nSPS) is 12.5. The van der Waals surface area contributed by atoms with Crippen molar-refractivity contribution in [2.24, 2.45) is 0 Å². The molecule has 4 aromatic rings. The highest BCUT2D eigenvalue weighted by atomic mass is 28.3. The average molecular weight is 495 g/mol. The molecular formula is C25H34N6O3Si. The number of aliphatic hydroxyl groups excluding tert-OH is 1. The third-order valence-corrected chi connectivity index (χ3v) is 7.32. The number of para-hydroxylation sites is 1. The summed E-state index contributed by atoms with van der Waals surface area (Å²) in [4.78, 5) is 22.7. The van der Waals surface area contributed by atoms with Crippen LogP contribution in [0.5, 0.6) is 0 Å². The highest BCUT2D eigenvalue weighted by Crippen LogP contribution is 2.29. The summed E-state index contributed by atoms with van der Waals surface area (Å²) in [6.07, 6.45) is 3.43. The Morgan fingerprint density at radius 2 is 2.00 bits per heavy atom. The Labute approximate surface area is 205 Å². The molecule has 0 aliphatic carbocycles. The van der Waals surface area contributed by atoms with Crippen molar-refractivity contribution >= 4 is 36.0 Å². The number of carbonyl (C=O) groups excluding carboxylic acids is 1. The second-order valence-electron chi connectivity index (χ2n) is 11.1. The second-order valence-corrected chi connectivity index (χ2v) is 16.7. The molecule has 0 atom stereocenters. The van der Waals surface area contributed by atoms with E-state index in [1.807, 2.05) is 43.5 Å². The number of nitrogens with zero attached hydrogens (tertiary/aromatic N) is 4. The van der Waals surface area contributed by atoms with E-state index in [0.29, 0.717) is 47.0 Å². The van der Waals surface area contributed by atoms with Gasteiger partial charge in [0.25, 0.3) is 5.91 Å². The Kier molecular flexibility index (Phi) is 6.81. The van der Waals surface area contributed by atoms with E-state index < -0.39 is 13.6 Å². The van der Waals surface area contributed by atoms with Crippen LogP contribution in [-0.4, -0.2) is 56.0 Å². The van der Waals surface area contributed by atoms with Crippen LogP contribution in [0, 0.1) is 0 Å². The molecule has 0 aliphatic heterocycles. The fourth-order valence-electron chi connectivity index (χ4n) is 3.81. The van der Waals surface area contributed by atoms with Gasteiger partial charge in [-0.2, -0.15) is 5.10 Å². The quantitative estimate of drug-likeness (QED) is 0.248. The van der Waals surface area contributed by atoms with Crippen LogP contribution < -0.4 is 5.32 Å². The first-order valence-corrected chi connectivity index (χ1v) is 15.5. The van der Waals surface area contributed by atoms with Crippen LogP contribution >= 0.6 is 0 Å². The third-order valence-electron chi connectivity index (χ3n) is 5.62. The molecule has 9 nitrogen and oxygen atoms in total. The number of carbonyl (C=O) groups is 1. The minimum absolute atomic E-state index is 0.107. The predicted molar refractivity (Wildman–Crippen MR) is 140 cm³/mol. The Bertz CT molecular complexity index is 1360. The van der Waals surface area contributed by atoms with E-state index in [0.717, 1.165) is 17.0 Å². The van der Waals surface area contributed by atoms with Crippen LogP contribution in [-0.2, 0) is 18.1 Å². The van der Waals surface area contributed by atoms with Gasteiger partial charge in [0.1, 0.15) is 17.9 Å². The number of amides is 1. The molecule has 3 N–H and O–H groups in total. The number of H-pyrrole nitrogens is 1. The summed E-state index contributed by atoms with van der Waals surface area (Å²) in [5.74, 6) is -0.216. The van der Waals surface area contributed by atoms with Crippen molar-refractivity contribution in [3.05, 3.63) is 41.7 Å². The summed E-state index contributed by atoms with van der Waals surface area (Å²) in [5.41, 5.74) is 3.79. The van der Waals surface area contributed by atoms with Crippen molar-refractivity contribution in [3.8, 4) is 11.4 Å². The molecule has 0 saturated carbocycles. The zero-order chi connectivity index (χ0) is 25.4. The maximum Gasteiger partial charge on any atom is 0.255 e. The van der Waals surface area contributed by atoms with E-state index in [9.17, 15) is 9.90 Å². The Hall–Kier alpha value is -3.08. The number of aromatic nitrogens is 5. The summed E-state index contributed by atoms with van der Waals surface area (Å²) < 4.78 is 7.78. The van der Waals surface area contributed by atoms with Crippen molar-refractivity contribution in [2.75, 3.05) is 6.61 Å². The number of ether oxygens (including phenoxy) is 1. The van der Waals surface area contributed by atoms with Crippen LogP contribution in [0.4, 0.5) is 0 Å². The molecule has 35 heavy (non-hydrogen) atoms. The van der Waals surface area contributed by atoms with Gasteiger partial charge in [0.05, 0.1) is 29.6 Å². The van der Waals surface area contributed by atoms with E-state index in [-0.39, 0.29) is 12.5 Å². The molecule has 1 aromatic carbocycles. The maximum atomic E-state index is 13.2. The molecule has 0 spiro atoms. The largest absolute Gasteiger partial charge is 0.392 e. The van der Waals surface area contributed by atoms with Crippen molar-refractivity contribution in [2.45, 2.75) is 65.3 Å². The molecule has 3 heterocycles. The SMILES string of the molecule is CC(C)(C)NC(=O)c1cn(COCC[Si](C)(C)C)c2ncc(-c3[nH]nc4c(CO)cccc34)nc12. The summed E-state index contributed by atoms with van der Waals surface area (Å²) >= 11 is 0. The van der Waals surface area contributed by atoms with Gasteiger partial charge >= 0.3 is 0 Å². The number of aliphatic hydroxyl groups is 1. The predicted octanol–water partition coefficient (Wildman–Crippen LogP) is 4.31. The standard InChI is InChI=1S/C25H34N6O3Si/c1-25(2,3)28-24(33)18-13-31(15-34-10-11-35(4,5)6)23-22(18)27-19(12-26-23)21-17-9-7-8-16(14-32)20(17)29-30-21/h7-9,12-13,32H,10-11,14-15H2,1-6H3,(H,28,33)(H,29,30). The number of fused-ring (bicyclic) bond motifs is 2. The molecule has 10 heteroatoms. The Morgan fingerprint density at radius 1 is 1.23 bits per heavy atom. The van der Waals surface area contributed by atoms with Crippen LogP contribution in [0.15, 0.2) is 30.6 Å². The van der Waals surface area contributed by atoms with Crippen LogP contribution in [0.2, 0.25) is 25.7 Å². The van der Waals surface area contributed by atoms with Crippen LogP contribution in [0.1, 0.15) is 36.7 Å². The molecule has 0 fully saturated rings. The fraction of sp³-hybridized carbons (Fsp3) is 0.440. The molecule has 1 amide bonds. The highest BCUT2D eigenvalue weighted by Gasteiger charge is 2.23. The van der Waals surface area contributed by atoms with Gasteiger partial charge in [-0.05, 0) is 26.8 Å². The van der Waals surface area contributed by atoms with E-state index in [4.69, 9.17) is 9.72 Å². The van der Waals surface area contributed by atoms with Crippen LogP contribution in [0.3, 0.4) is 0 Å². The van der Waals surface area contributed by atoms with Gasteiger partial charge < -0.3 is 19.7 Å².